The number of benzene rings is 2. The van der Waals surface area contributed by atoms with Crippen LogP contribution in [0.25, 0.3) is 0 Å². The Balaban J connectivity index is 1.36. The minimum atomic E-state index is 0.133. The van der Waals surface area contributed by atoms with Crippen molar-refractivity contribution in [3.63, 3.8) is 0 Å². The van der Waals surface area contributed by atoms with E-state index in [-0.39, 0.29) is 5.91 Å². The van der Waals surface area contributed by atoms with Crippen LogP contribution in [0.2, 0.25) is 0 Å². The van der Waals surface area contributed by atoms with E-state index in [2.05, 4.69) is 24.3 Å². The molecule has 0 spiro atoms. The molecule has 2 aliphatic carbocycles. The van der Waals surface area contributed by atoms with Gasteiger partial charge >= 0.3 is 0 Å². The fourth-order valence-corrected chi connectivity index (χ4v) is 3.72. The summed E-state index contributed by atoms with van der Waals surface area (Å²) in [6, 6.07) is 16.5. The number of ether oxygens (including phenoxy) is 1. The van der Waals surface area contributed by atoms with Gasteiger partial charge in [0.2, 0.25) is 0 Å². The maximum atomic E-state index is 13.0. The van der Waals surface area contributed by atoms with Crippen molar-refractivity contribution in [2.75, 3.05) is 6.61 Å². The van der Waals surface area contributed by atoms with Gasteiger partial charge in [0.25, 0.3) is 5.91 Å². The quantitative estimate of drug-likeness (QED) is 0.595. The molecule has 2 aromatic carbocycles. The first-order valence-electron chi connectivity index (χ1n) is 10.4. The summed E-state index contributed by atoms with van der Waals surface area (Å²) in [6.07, 6.45) is 10.2. The Hall–Kier alpha value is -2.55. The number of rotatable bonds is 7. The Labute approximate surface area is 168 Å². The summed E-state index contributed by atoms with van der Waals surface area (Å²) in [7, 11) is 0. The lowest BCUT2D eigenvalue weighted by atomic mass is 9.95. The first kappa shape index (κ1) is 18.8. The third kappa shape index (κ3) is 4.83. The number of hydrogen-bond acceptors (Lipinski definition) is 2. The zero-order chi connectivity index (χ0) is 19.3. The number of hydrogen-bond donors (Lipinski definition) is 0. The zero-order valence-electron chi connectivity index (χ0n) is 16.6. The van der Waals surface area contributed by atoms with Gasteiger partial charge < -0.3 is 9.64 Å². The van der Waals surface area contributed by atoms with Crippen LogP contribution in [0.1, 0.15) is 53.6 Å². The van der Waals surface area contributed by atoms with E-state index in [0.29, 0.717) is 18.5 Å². The first-order chi connectivity index (χ1) is 13.7. The molecule has 3 nitrogen and oxygen atoms in total. The zero-order valence-corrected chi connectivity index (χ0v) is 16.6. The molecule has 0 unspecified atom stereocenters. The summed E-state index contributed by atoms with van der Waals surface area (Å²) in [6.45, 7) is 3.48. The van der Waals surface area contributed by atoms with Gasteiger partial charge in [0.15, 0.2) is 0 Å². The van der Waals surface area contributed by atoms with Crippen molar-refractivity contribution >= 4 is 5.91 Å². The van der Waals surface area contributed by atoms with Crippen LogP contribution in [0.4, 0.5) is 0 Å². The average molecular weight is 376 g/mol. The molecule has 0 saturated heterocycles. The SMILES string of the molecule is Cc1ccc(C(=O)N(Cc2ccc(OC[C@H]3CC=CCC3)cc2)C2CC2)cc1. The largest absolute Gasteiger partial charge is 0.493 e. The molecule has 0 aliphatic heterocycles. The lowest BCUT2D eigenvalue weighted by Crippen LogP contribution is -2.32. The van der Waals surface area contributed by atoms with Crippen molar-refractivity contribution in [2.45, 2.75) is 51.6 Å². The minimum absolute atomic E-state index is 0.133. The summed E-state index contributed by atoms with van der Waals surface area (Å²) < 4.78 is 5.98. The number of carbonyl (C=O) groups excluding carboxylic acids is 1. The first-order valence-corrected chi connectivity index (χ1v) is 10.4. The Morgan fingerprint density at radius 2 is 1.75 bits per heavy atom. The maximum absolute atomic E-state index is 13.0. The second kappa shape index (κ2) is 8.64. The van der Waals surface area contributed by atoms with Gasteiger partial charge in [-0.05, 0) is 74.8 Å². The van der Waals surface area contributed by atoms with E-state index >= 15 is 0 Å². The Kier molecular flexibility index (Phi) is 5.80. The number of allylic oxidation sites excluding steroid dienone is 2. The smallest absolute Gasteiger partial charge is 0.254 e. The topological polar surface area (TPSA) is 29.5 Å². The van der Waals surface area contributed by atoms with Crippen LogP contribution in [0, 0.1) is 12.8 Å². The third-order valence-corrected chi connectivity index (χ3v) is 5.69. The lowest BCUT2D eigenvalue weighted by molar-refractivity contribution is 0.0730. The van der Waals surface area contributed by atoms with Crippen LogP contribution in [0.5, 0.6) is 5.75 Å². The molecular weight excluding hydrogens is 346 g/mol. The van der Waals surface area contributed by atoms with Crippen LogP contribution >= 0.6 is 0 Å². The highest BCUT2D eigenvalue weighted by Crippen LogP contribution is 2.30. The summed E-state index contributed by atoms with van der Waals surface area (Å²) in [5, 5.41) is 0. The molecule has 0 radical (unpaired) electrons. The average Bonchev–Trinajstić information content (AvgIpc) is 3.57. The van der Waals surface area contributed by atoms with Gasteiger partial charge in [-0.3, -0.25) is 4.79 Å². The van der Waals surface area contributed by atoms with Crippen LogP contribution in [-0.2, 0) is 6.54 Å². The number of aryl methyl sites for hydroxylation is 1. The molecule has 1 amide bonds. The maximum Gasteiger partial charge on any atom is 0.254 e. The van der Waals surface area contributed by atoms with E-state index in [9.17, 15) is 4.79 Å². The van der Waals surface area contributed by atoms with Crippen molar-refractivity contribution in [1.29, 1.82) is 0 Å². The molecular formula is C25H29NO2. The van der Waals surface area contributed by atoms with Crippen LogP contribution in [-0.4, -0.2) is 23.5 Å². The molecule has 146 valence electrons. The second-order valence-electron chi connectivity index (χ2n) is 8.14. The van der Waals surface area contributed by atoms with Gasteiger partial charge in [-0.15, -0.1) is 0 Å². The van der Waals surface area contributed by atoms with Crippen molar-refractivity contribution in [1.82, 2.24) is 4.90 Å². The van der Waals surface area contributed by atoms with Gasteiger partial charge in [0.1, 0.15) is 5.75 Å². The van der Waals surface area contributed by atoms with Crippen molar-refractivity contribution < 1.29 is 9.53 Å². The van der Waals surface area contributed by atoms with E-state index in [1.165, 1.54) is 18.4 Å². The van der Waals surface area contributed by atoms with Gasteiger partial charge in [-0.1, -0.05) is 42.0 Å². The molecule has 0 bridgehead atoms. The standard InChI is InChI=1S/C25H29NO2/c1-19-7-11-22(12-8-19)25(27)26(23-13-14-23)17-20-9-15-24(16-10-20)28-18-21-5-3-2-4-6-21/h2-3,7-12,15-16,21,23H,4-6,13-14,17-18H2,1H3/t21-/m0/s1. The fourth-order valence-electron chi connectivity index (χ4n) is 3.72. The molecule has 0 N–H and O–H groups in total. The predicted molar refractivity (Wildman–Crippen MR) is 112 cm³/mol. The predicted octanol–water partition coefficient (Wildman–Crippen LogP) is 5.53. The Morgan fingerprint density at radius 3 is 2.39 bits per heavy atom. The van der Waals surface area contributed by atoms with Crippen molar-refractivity contribution in [3.8, 4) is 5.75 Å². The van der Waals surface area contributed by atoms with E-state index in [1.807, 2.05) is 48.2 Å². The molecule has 0 heterocycles. The van der Waals surface area contributed by atoms with Crippen molar-refractivity contribution in [2.24, 2.45) is 5.92 Å². The van der Waals surface area contributed by atoms with E-state index < -0.39 is 0 Å². The molecule has 1 saturated carbocycles. The van der Waals surface area contributed by atoms with Crippen molar-refractivity contribution in [3.05, 3.63) is 77.4 Å². The van der Waals surface area contributed by atoms with E-state index in [1.54, 1.807) is 0 Å². The molecule has 3 heteroatoms. The molecule has 28 heavy (non-hydrogen) atoms. The van der Waals surface area contributed by atoms with Crippen LogP contribution < -0.4 is 4.74 Å². The van der Waals surface area contributed by atoms with Gasteiger partial charge in [-0.25, -0.2) is 0 Å². The van der Waals surface area contributed by atoms with Gasteiger partial charge in [0, 0.05) is 18.2 Å². The summed E-state index contributed by atoms with van der Waals surface area (Å²) >= 11 is 0. The molecule has 1 atom stereocenters. The monoisotopic (exact) mass is 375 g/mol. The molecule has 2 aromatic rings. The summed E-state index contributed by atoms with van der Waals surface area (Å²) in [5.41, 5.74) is 3.11. The number of nitrogens with zero attached hydrogens (tertiary/aromatic N) is 1. The van der Waals surface area contributed by atoms with Crippen LogP contribution in [0.15, 0.2) is 60.7 Å². The highest BCUT2D eigenvalue weighted by molar-refractivity contribution is 5.94. The van der Waals surface area contributed by atoms with Crippen LogP contribution in [0.3, 0.4) is 0 Å². The second-order valence-corrected chi connectivity index (χ2v) is 8.14. The summed E-state index contributed by atoms with van der Waals surface area (Å²) in [4.78, 5) is 15.0. The molecule has 4 rings (SSSR count). The minimum Gasteiger partial charge on any atom is -0.493 e. The number of carbonyl (C=O) groups is 1. The molecule has 1 fully saturated rings. The van der Waals surface area contributed by atoms with E-state index in [0.717, 1.165) is 42.7 Å². The molecule has 0 aromatic heterocycles. The fraction of sp³-hybridized carbons (Fsp3) is 0.400. The van der Waals surface area contributed by atoms with E-state index in [4.69, 9.17) is 4.74 Å². The highest BCUT2D eigenvalue weighted by Gasteiger charge is 2.33. The normalized spacial score (nSPS) is 18.7. The highest BCUT2D eigenvalue weighted by atomic mass is 16.5. The third-order valence-electron chi connectivity index (χ3n) is 5.69. The van der Waals surface area contributed by atoms with Gasteiger partial charge in [0.05, 0.1) is 6.61 Å². The molecule has 2 aliphatic rings. The van der Waals surface area contributed by atoms with Gasteiger partial charge in [-0.2, -0.15) is 0 Å². The Bertz CT molecular complexity index is 819. The number of amides is 1. The Morgan fingerprint density at radius 1 is 1.00 bits per heavy atom. The summed E-state index contributed by atoms with van der Waals surface area (Å²) in [5.74, 6) is 1.68. The lowest BCUT2D eigenvalue weighted by Gasteiger charge is -2.23.